The highest BCUT2D eigenvalue weighted by Crippen LogP contribution is 2.28. The molecule has 3 nitrogen and oxygen atoms in total. The summed E-state index contributed by atoms with van der Waals surface area (Å²) < 4.78 is 5.87. The number of fused-ring (bicyclic) bond motifs is 1. The third-order valence-electron chi connectivity index (χ3n) is 4.04. The Morgan fingerprint density at radius 1 is 1.10 bits per heavy atom. The predicted molar refractivity (Wildman–Crippen MR) is 82.6 cm³/mol. The lowest BCUT2D eigenvalue weighted by Gasteiger charge is -2.16. The molecule has 1 atom stereocenters. The molecule has 3 rings (SSSR count). The lowest BCUT2D eigenvalue weighted by molar-refractivity contribution is 0.169. The molecule has 3 heteroatoms. The Labute approximate surface area is 125 Å². The molecule has 1 N–H and O–H groups in total. The molecule has 1 heterocycles. The van der Waals surface area contributed by atoms with E-state index in [1.807, 2.05) is 25.1 Å². The number of pyridine rings is 1. The zero-order chi connectivity index (χ0) is 14.7. The molecule has 1 aliphatic rings. The van der Waals surface area contributed by atoms with E-state index < -0.39 is 6.10 Å². The van der Waals surface area contributed by atoms with Crippen LogP contribution in [-0.2, 0) is 12.8 Å². The van der Waals surface area contributed by atoms with Crippen molar-refractivity contribution in [3.8, 4) is 11.5 Å². The lowest BCUT2D eigenvalue weighted by atomic mass is 9.92. The summed E-state index contributed by atoms with van der Waals surface area (Å²) >= 11 is 0. The molecule has 0 fully saturated rings. The molecule has 1 aromatic heterocycles. The lowest BCUT2D eigenvalue weighted by Crippen LogP contribution is -2.02. The number of rotatable bonds is 4. The first-order valence-corrected chi connectivity index (χ1v) is 7.70. The van der Waals surface area contributed by atoms with Crippen molar-refractivity contribution >= 4 is 0 Å². The smallest absolute Gasteiger partial charge is 0.145 e. The third kappa shape index (κ3) is 3.24. The minimum absolute atomic E-state index is 0.497. The van der Waals surface area contributed by atoms with Gasteiger partial charge in [0.05, 0.1) is 18.0 Å². The standard InChI is InChI=1S/C18H21NO2/c1-2-18(20)17-10-9-16(12-19-17)21-15-8-7-13-5-3-4-6-14(13)11-15/h7-12,18,20H,2-6H2,1H3. The zero-order valence-corrected chi connectivity index (χ0v) is 12.4. The van der Waals surface area contributed by atoms with Gasteiger partial charge < -0.3 is 9.84 Å². The van der Waals surface area contributed by atoms with Gasteiger partial charge in [-0.25, -0.2) is 0 Å². The number of ether oxygens (including phenoxy) is 1. The topological polar surface area (TPSA) is 42.4 Å². The molecule has 0 bridgehead atoms. The summed E-state index contributed by atoms with van der Waals surface area (Å²) in [6.45, 7) is 1.93. The second kappa shape index (κ2) is 6.27. The first-order chi connectivity index (χ1) is 10.3. The van der Waals surface area contributed by atoms with Crippen molar-refractivity contribution < 1.29 is 9.84 Å². The highest BCUT2D eigenvalue weighted by Gasteiger charge is 2.11. The third-order valence-corrected chi connectivity index (χ3v) is 4.04. The summed E-state index contributed by atoms with van der Waals surface area (Å²) in [7, 11) is 0. The summed E-state index contributed by atoms with van der Waals surface area (Å²) in [5.74, 6) is 1.57. The fourth-order valence-corrected chi connectivity index (χ4v) is 2.77. The fraction of sp³-hybridized carbons (Fsp3) is 0.389. The maximum atomic E-state index is 9.74. The SMILES string of the molecule is CCC(O)c1ccc(Oc2ccc3c(c2)CCCC3)cn1. The number of hydrogen-bond acceptors (Lipinski definition) is 3. The highest BCUT2D eigenvalue weighted by atomic mass is 16.5. The summed E-state index contributed by atoms with van der Waals surface area (Å²) in [6.07, 6.45) is 6.72. The monoisotopic (exact) mass is 283 g/mol. The zero-order valence-electron chi connectivity index (χ0n) is 12.4. The van der Waals surface area contributed by atoms with Crippen LogP contribution in [0.3, 0.4) is 0 Å². The molecule has 0 saturated carbocycles. The van der Waals surface area contributed by atoms with Crippen LogP contribution in [0.5, 0.6) is 11.5 Å². The van der Waals surface area contributed by atoms with Gasteiger partial charge in [-0.05, 0) is 67.5 Å². The van der Waals surface area contributed by atoms with Crippen molar-refractivity contribution in [3.63, 3.8) is 0 Å². The Hall–Kier alpha value is -1.87. The van der Waals surface area contributed by atoms with Gasteiger partial charge in [-0.15, -0.1) is 0 Å². The van der Waals surface area contributed by atoms with Crippen molar-refractivity contribution in [2.75, 3.05) is 0 Å². The Morgan fingerprint density at radius 3 is 2.57 bits per heavy atom. The molecular weight excluding hydrogens is 262 g/mol. The van der Waals surface area contributed by atoms with Gasteiger partial charge in [-0.1, -0.05) is 13.0 Å². The van der Waals surface area contributed by atoms with Crippen LogP contribution in [0, 0.1) is 0 Å². The van der Waals surface area contributed by atoms with E-state index in [1.165, 1.54) is 30.4 Å². The van der Waals surface area contributed by atoms with Gasteiger partial charge in [0.2, 0.25) is 0 Å². The van der Waals surface area contributed by atoms with E-state index in [0.717, 1.165) is 12.2 Å². The van der Waals surface area contributed by atoms with E-state index in [4.69, 9.17) is 4.74 Å². The van der Waals surface area contributed by atoms with Crippen LogP contribution in [-0.4, -0.2) is 10.1 Å². The molecule has 1 unspecified atom stereocenters. The van der Waals surface area contributed by atoms with Crippen LogP contribution in [0.4, 0.5) is 0 Å². The Bertz CT molecular complexity index is 607. The van der Waals surface area contributed by atoms with E-state index in [2.05, 4.69) is 17.1 Å². The number of aliphatic hydroxyl groups excluding tert-OH is 1. The number of hydrogen-bond donors (Lipinski definition) is 1. The van der Waals surface area contributed by atoms with Crippen LogP contribution in [0.2, 0.25) is 0 Å². The molecule has 21 heavy (non-hydrogen) atoms. The van der Waals surface area contributed by atoms with Crippen molar-refractivity contribution in [1.29, 1.82) is 0 Å². The maximum Gasteiger partial charge on any atom is 0.145 e. The molecule has 0 radical (unpaired) electrons. The minimum Gasteiger partial charge on any atom is -0.456 e. The van der Waals surface area contributed by atoms with E-state index >= 15 is 0 Å². The van der Waals surface area contributed by atoms with E-state index in [1.54, 1.807) is 6.20 Å². The van der Waals surface area contributed by atoms with E-state index in [0.29, 0.717) is 17.9 Å². The van der Waals surface area contributed by atoms with Crippen LogP contribution < -0.4 is 4.74 Å². The first-order valence-electron chi connectivity index (χ1n) is 7.70. The average molecular weight is 283 g/mol. The van der Waals surface area contributed by atoms with E-state index in [9.17, 15) is 5.11 Å². The second-order valence-corrected chi connectivity index (χ2v) is 5.58. The van der Waals surface area contributed by atoms with Crippen LogP contribution >= 0.6 is 0 Å². The fourth-order valence-electron chi connectivity index (χ4n) is 2.77. The van der Waals surface area contributed by atoms with Gasteiger partial charge in [-0.2, -0.15) is 0 Å². The minimum atomic E-state index is -0.497. The van der Waals surface area contributed by atoms with Crippen LogP contribution in [0.1, 0.15) is 49.1 Å². The first kappa shape index (κ1) is 14.1. The van der Waals surface area contributed by atoms with Gasteiger partial charge in [0, 0.05) is 0 Å². The van der Waals surface area contributed by atoms with Crippen molar-refractivity contribution in [2.45, 2.75) is 45.1 Å². The quantitative estimate of drug-likeness (QED) is 0.914. The van der Waals surface area contributed by atoms with Gasteiger partial charge in [0.15, 0.2) is 0 Å². The maximum absolute atomic E-state index is 9.74. The van der Waals surface area contributed by atoms with Gasteiger partial charge >= 0.3 is 0 Å². The Morgan fingerprint density at radius 2 is 1.86 bits per heavy atom. The molecule has 0 spiro atoms. The Kier molecular flexibility index (Phi) is 4.20. The summed E-state index contributed by atoms with van der Waals surface area (Å²) in [5.41, 5.74) is 3.55. The highest BCUT2D eigenvalue weighted by molar-refractivity contribution is 5.39. The summed E-state index contributed by atoms with van der Waals surface area (Å²) in [4.78, 5) is 4.26. The second-order valence-electron chi connectivity index (χ2n) is 5.58. The van der Waals surface area contributed by atoms with Crippen LogP contribution in [0.15, 0.2) is 36.5 Å². The molecule has 110 valence electrons. The molecule has 0 amide bonds. The normalized spacial score (nSPS) is 15.3. The largest absolute Gasteiger partial charge is 0.456 e. The van der Waals surface area contributed by atoms with E-state index in [-0.39, 0.29) is 0 Å². The Balaban J connectivity index is 1.74. The molecule has 0 saturated heterocycles. The number of nitrogens with zero attached hydrogens (tertiary/aromatic N) is 1. The average Bonchev–Trinajstić information content (AvgIpc) is 2.55. The van der Waals surface area contributed by atoms with Crippen molar-refractivity contribution in [1.82, 2.24) is 4.98 Å². The summed E-state index contributed by atoms with van der Waals surface area (Å²) in [5, 5.41) is 9.74. The van der Waals surface area contributed by atoms with Gasteiger partial charge in [0.1, 0.15) is 11.5 Å². The number of aryl methyl sites for hydroxylation is 2. The molecule has 0 aliphatic heterocycles. The number of benzene rings is 1. The summed E-state index contributed by atoms with van der Waals surface area (Å²) in [6, 6.07) is 10.0. The molecule has 2 aromatic rings. The van der Waals surface area contributed by atoms with Crippen molar-refractivity contribution in [3.05, 3.63) is 53.3 Å². The van der Waals surface area contributed by atoms with Crippen molar-refractivity contribution in [2.24, 2.45) is 0 Å². The molecule has 1 aromatic carbocycles. The van der Waals surface area contributed by atoms with Gasteiger partial charge in [-0.3, -0.25) is 4.98 Å². The van der Waals surface area contributed by atoms with Gasteiger partial charge in [0.25, 0.3) is 0 Å². The number of aliphatic hydroxyl groups is 1. The molecular formula is C18H21NO2. The molecule has 1 aliphatic carbocycles. The van der Waals surface area contributed by atoms with Crippen LogP contribution in [0.25, 0.3) is 0 Å². The predicted octanol–water partition coefficient (Wildman–Crippen LogP) is 4.20. The number of aromatic nitrogens is 1.